The van der Waals surface area contributed by atoms with Crippen LogP contribution in [0.1, 0.15) is 16.7 Å². The summed E-state index contributed by atoms with van der Waals surface area (Å²) in [5.41, 5.74) is 0.795. The van der Waals surface area contributed by atoms with Crippen LogP contribution >= 0.6 is 0 Å². The summed E-state index contributed by atoms with van der Waals surface area (Å²) in [6.45, 7) is 0.963. The summed E-state index contributed by atoms with van der Waals surface area (Å²) in [5, 5.41) is 15.3. The third kappa shape index (κ3) is 3.03. The van der Waals surface area contributed by atoms with Crippen molar-refractivity contribution in [3.05, 3.63) is 47.0 Å². The molecule has 1 aromatic heterocycles. The number of nitrogens with zero attached hydrogens (tertiary/aromatic N) is 1. The second-order valence-electron chi connectivity index (χ2n) is 4.30. The molecule has 1 heterocycles. The van der Waals surface area contributed by atoms with Gasteiger partial charge in [0.05, 0.1) is 17.7 Å². The smallest absolute Gasteiger partial charge is 0.240 e. The number of aliphatic hydroxyl groups excluding tert-OH is 1. The quantitative estimate of drug-likeness (QED) is 0.762. The van der Waals surface area contributed by atoms with E-state index in [4.69, 9.17) is 5.11 Å². The lowest BCUT2D eigenvalue weighted by atomic mass is 10.1. The molecule has 0 unspecified atom stereocenters. The van der Waals surface area contributed by atoms with Gasteiger partial charge in [-0.25, -0.2) is 17.5 Å². The fourth-order valence-corrected chi connectivity index (χ4v) is 2.87. The number of nitrogens with one attached hydrogen (secondary N) is 2. The normalized spacial score (nSPS) is 11.8. The summed E-state index contributed by atoms with van der Waals surface area (Å²) in [5.74, 6) is -0.596. The number of hydrogen-bond donors (Lipinski definition) is 3. The molecule has 0 aliphatic carbocycles. The van der Waals surface area contributed by atoms with Gasteiger partial charge in [-0.05, 0) is 24.6 Å². The van der Waals surface area contributed by atoms with Crippen molar-refractivity contribution in [2.75, 3.05) is 0 Å². The van der Waals surface area contributed by atoms with Crippen molar-refractivity contribution in [2.45, 2.75) is 25.0 Å². The molecule has 0 aliphatic rings. The zero-order valence-corrected chi connectivity index (χ0v) is 11.5. The predicted molar refractivity (Wildman–Crippen MR) is 69.7 cm³/mol. The highest BCUT2D eigenvalue weighted by Gasteiger charge is 2.18. The Balaban J connectivity index is 2.27. The number of benzene rings is 1. The molecule has 0 radical (unpaired) electrons. The first kappa shape index (κ1) is 14.6. The molecule has 0 aliphatic heterocycles. The average Bonchev–Trinajstić information content (AvgIpc) is 2.92. The van der Waals surface area contributed by atoms with Crippen molar-refractivity contribution in [2.24, 2.45) is 0 Å². The number of aromatic nitrogens is 2. The topological polar surface area (TPSA) is 95.1 Å². The molecular formula is C12H14FN3O3S. The first-order chi connectivity index (χ1) is 9.44. The van der Waals surface area contributed by atoms with Gasteiger partial charge in [-0.3, -0.25) is 5.10 Å². The van der Waals surface area contributed by atoms with Crippen LogP contribution in [0.5, 0.6) is 0 Å². The van der Waals surface area contributed by atoms with E-state index in [2.05, 4.69) is 14.9 Å². The van der Waals surface area contributed by atoms with Gasteiger partial charge in [-0.2, -0.15) is 5.10 Å². The van der Waals surface area contributed by atoms with E-state index < -0.39 is 22.4 Å². The molecule has 2 aromatic rings. The minimum Gasteiger partial charge on any atom is -0.392 e. The number of hydrogen-bond acceptors (Lipinski definition) is 4. The van der Waals surface area contributed by atoms with Gasteiger partial charge in [0.25, 0.3) is 0 Å². The molecule has 0 fully saturated rings. The number of sulfonamides is 1. The summed E-state index contributed by atoms with van der Waals surface area (Å²) < 4.78 is 40.2. The molecule has 2 rings (SSSR count). The molecule has 0 saturated carbocycles. The van der Waals surface area contributed by atoms with Crippen LogP contribution in [-0.4, -0.2) is 23.7 Å². The number of aryl methyl sites for hydroxylation is 1. The number of aliphatic hydroxyl groups is 1. The van der Waals surface area contributed by atoms with Crippen molar-refractivity contribution in [3.63, 3.8) is 0 Å². The van der Waals surface area contributed by atoms with Gasteiger partial charge in [-0.1, -0.05) is 0 Å². The summed E-state index contributed by atoms with van der Waals surface area (Å²) in [6.07, 6.45) is 3.06. The Morgan fingerprint density at radius 1 is 1.45 bits per heavy atom. The Labute approximate surface area is 115 Å². The molecule has 0 saturated heterocycles. The standard InChI is InChI=1S/C12H14FN3O3S/c1-8-2-11(3-10(7-17)12(8)13)20(18,19)16-6-9-4-14-15-5-9/h2-5,16-17H,6-7H2,1H3,(H,14,15). The van der Waals surface area contributed by atoms with Crippen molar-refractivity contribution >= 4 is 10.0 Å². The minimum absolute atomic E-state index is 0.0475. The van der Waals surface area contributed by atoms with Crippen LogP contribution in [0, 0.1) is 12.7 Å². The fraction of sp³-hybridized carbons (Fsp3) is 0.250. The van der Waals surface area contributed by atoms with Crippen LogP contribution in [0.25, 0.3) is 0 Å². The van der Waals surface area contributed by atoms with Crippen molar-refractivity contribution in [1.29, 1.82) is 0 Å². The van der Waals surface area contributed by atoms with Crippen LogP contribution in [-0.2, 0) is 23.2 Å². The van der Waals surface area contributed by atoms with E-state index >= 15 is 0 Å². The van der Waals surface area contributed by atoms with Crippen LogP contribution in [0.4, 0.5) is 4.39 Å². The molecule has 0 atom stereocenters. The molecule has 108 valence electrons. The Morgan fingerprint density at radius 2 is 2.20 bits per heavy atom. The van der Waals surface area contributed by atoms with Crippen LogP contribution < -0.4 is 4.72 Å². The fourth-order valence-electron chi connectivity index (χ4n) is 1.71. The first-order valence-corrected chi connectivity index (χ1v) is 7.29. The van der Waals surface area contributed by atoms with Crippen molar-refractivity contribution < 1.29 is 17.9 Å². The zero-order chi connectivity index (χ0) is 14.8. The van der Waals surface area contributed by atoms with E-state index in [9.17, 15) is 12.8 Å². The van der Waals surface area contributed by atoms with E-state index in [0.717, 1.165) is 6.07 Å². The van der Waals surface area contributed by atoms with Gasteiger partial charge < -0.3 is 5.11 Å². The molecule has 0 bridgehead atoms. The highest BCUT2D eigenvalue weighted by Crippen LogP contribution is 2.19. The van der Waals surface area contributed by atoms with E-state index in [1.54, 1.807) is 6.20 Å². The molecule has 3 N–H and O–H groups in total. The maximum absolute atomic E-state index is 13.6. The molecule has 0 amide bonds. The SMILES string of the molecule is Cc1cc(S(=O)(=O)NCc2cn[nH]c2)cc(CO)c1F. The van der Waals surface area contributed by atoms with Gasteiger partial charge >= 0.3 is 0 Å². The highest BCUT2D eigenvalue weighted by atomic mass is 32.2. The Morgan fingerprint density at radius 3 is 2.80 bits per heavy atom. The molecular weight excluding hydrogens is 285 g/mol. The lowest BCUT2D eigenvalue weighted by Crippen LogP contribution is -2.23. The largest absolute Gasteiger partial charge is 0.392 e. The van der Waals surface area contributed by atoms with Crippen LogP contribution in [0.2, 0.25) is 0 Å². The number of rotatable bonds is 5. The third-order valence-electron chi connectivity index (χ3n) is 2.81. The Bertz CT molecular complexity index is 699. The molecule has 0 spiro atoms. The predicted octanol–water partition coefficient (Wildman–Crippen LogP) is 0.828. The van der Waals surface area contributed by atoms with Crippen molar-refractivity contribution in [1.82, 2.24) is 14.9 Å². The number of halogens is 1. The van der Waals surface area contributed by atoms with Gasteiger partial charge in [0.15, 0.2) is 0 Å². The summed E-state index contributed by atoms with van der Waals surface area (Å²) in [4.78, 5) is -0.0797. The maximum atomic E-state index is 13.6. The van der Waals surface area contributed by atoms with Crippen LogP contribution in [0.3, 0.4) is 0 Å². The first-order valence-electron chi connectivity index (χ1n) is 5.81. The Hall–Kier alpha value is -1.77. The zero-order valence-electron chi connectivity index (χ0n) is 10.7. The van der Waals surface area contributed by atoms with E-state index in [1.807, 2.05) is 0 Å². The Kier molecular flexibility index (Phi) is 4.17. The number of aromatic amines is 1. The van der Waals surface area contributed by atoms with Gasteiger partial charge in [0.1, 0.15) is 5.82 Å². The molecule has 8 heteroatoms. The lowest BCUT2D eigenvalue weighted by Gasteiger charge is -2.09. The van der Waals surface area contributed by atoms with Crippen LogP contribution in [0.15, 0.2) is 29.4 Å². The number of H-pyrrole nitrogens is 1. The van der Waals surface area contributed by atoms with Gasteiger partial charge in [0.2, 0.25) is 10.0 Å². The maximum Gasteiger partial charge on any atom is 0.240 e. The average molecular weight is 299 g/mol. The summed E-state index contributed by atoms with van der Waals surface area (Å²) >= 11 is 0. The van der Waals surface area contributed by atoms with E-state index in [0.29, 0.717) is 5.56 Å². The second kappa shape index (κ2) is 5.70. The lowest BCUT2D eigenvalue weighted by molar-refractivity contribution is 0.275. The van der Waals surface area contributed by atoms with Gasteiger partial charge in [0, 0.05) is 23.9 Å². The van der Waals surface area contributed by atoms with E-state index in [1.165, 1.54) is 19.2 Å². The second-order valence-corrected chi connectivity index (χ2v) is 6.07. The third-order valence-corrected chi connectivity index (χ3v) is 4.19. The van der Waals surface area contributed by atoms with E-state index in [-0.39, 0.29) is 22.6 Å². The molecule has 1 aromatic carbocycles. The van der Waals surface area contributed by atoms with Crippen molar-refractivity contribution in [3.8, 4) is 0 Å². The summed E-state index contributed by atoms with van der Waals surface area (Å²) in [7, 11) is -3.78. The summed E-state index contributed by atoms with van der Waals surface area (Å²) in [6, 6.07) is 2.35. The minimum atomic E-state index is -3.78. The highest BCUT2D eigenvalue weighted by molar-refractivity contribution is 7.89. The molecule has 20 heavy (non-hydrogen) atoms. The van der Waals surface area contributed by atoms with Gasteiger partial charge in [-0.15, -0.1) is 0 Å². The monoisotopic (exact) mass is 299 g/mol. The molecule has 6 nitrogen and oxygen atoms in total.